The Morgan fingerprint density at radius 2 is 1.63 bits per heavy atom. The lowest BCUT2D eigenvalue weighted by Gasteiger charge is -2.40. The molecule has 1 unspecified atom stereocenters. The molecule has 1 saturated heterocycles. The lowest BCUT2D eigenvalue weighted by molar-refractivity contribution is -0.384. The first-order valence-electron chi connectivity index (χ1n) is 15.2. The zero-order valence-corrected chi connectivity index (χ0v) is 27.8. The average molecular weight is 669 g/mol. The molecule has 3 aromatic carbocycles. The third-order valence-electron chi connectivity index (χ3n) is 8.56. The summed E-state index contributed by atoms with van der Waals surface area (Å²) in [7, 11) is -2.03. The molecule has 1 fully saturated rings. The van der Waals surface area contributed by atoms with Gasteiger partial charge in [0.15, 0.2) is 0 Å². The van der Waals surface area contributed by atoms with Gasteiger partial charge in [-0.25, -0.2) is 17.5 Å². The van der Waals surface area contributed by atoms with Crippen molar-refractivity contribution in [1.82, 2.24) is 14.1 Å². The molecule has 0 bridgehead atoms. The van der Waals surface area contributed by atoms with Crippen LogP contribution in [-0.4, -0.2) is 79.4 Å². The van der Waals surface area contributed by atoms with E-state index in [4.69, 9.17) is 16.3 Å². The van der Waals surface area contributed by atoms with Crippen LogP contribution in [0.25, 0.3) is 0 Å². The van der Waals surface area contributed by atoms with Crippen molar-refractivity contribution in [1.29, 1.82) is 0 Å². The fourth-order valence-corrected chi connectivity index (χ4v) is 7.28. The van der Waals surface area contributed by atoms with E-state index in [2.05, 4.69) is 30.5 Å². The molecule has 10 nitrogen and oxygen atoms in total. The highest BCUT2D eigenvalue weighted by molar-refractivity contribution is 7.89. The summed E-state index contributed by atoms with van der Waals surface area (Å²) in [6, 6.07) is 24.3. The predicted molar refractivity (Wildman–Crippen MR) is 179 cm³/mol. The first kappa shape index (κ1) is 35.1. The van der Waals surface area contributed by atoms with Crippen LogP contribution in [-0.2, 0) is 26.8 Å². The van der Waals surface area contributed by atoms with Gasteiger partial charge in [0.1, 0.15) is 6.61 Å². The highest BCUT2D eigenvalue weighted by Crippen LogP contribution is 2.32. The number of rotatable bonds is 14. The Kier molecular flexibility index (Phi) is 12.0. The summed E-state index contributed by atoms with van der Waals surface area (Å²) in [5.41, 5.74) is 1.23. The number of piperidine rings is 1. The SMILES string of the molecule is C=C(Cl)CN(C(=O)OCc1ccc([N+](=O)[O-])cc1)C1CCN(CCC(C)(CN(C)S(=O)(=O)c2ccccc2)c2ccccc2)CC1. The highest BCUT2D eigenvalue weighted by Gasteiger charge is 2.35. The molecule has 46 heavy (non-hydrogen) atoms. The lowest BCUT2D eigenvalue weighted by Crippen LogP contribution is -2.49. The number of sulfonamides is 1. The molecule has 1 atom stereocenters. The number of likely N-dealkylation sites (tertiary alicyclic amines) is 1. The Morgan fingerprint density at radius 3 is 2.20 bits per heavy atom. The Bertz CT molecular complexity index is 1580. The van der Waals surface area contributed by atoms with E-state index in [-0.39, 0.29) is 29.8 Å². The summed E-state index contributed by atoms with van der Waals surface area (Å²) in [6.45, 7) is 8.58. The summed E-state index contributed by atoms with van der Waals surface area (Å²) in [6.07, 6.45) is 1.64. The quantitative estimate of drug-likeness (QED) is 0.144. The number of halogens is 1. The zero-order chi connectivity index (χ0) is 33.3. The van der Waals surface area contributed by atoms with Crippen LogP contribution in [0.2, 0.25) is 0 Å². The first-order chi connectivity index (χ1) is 21.9. The number of carbonyl (C=O) groups is 1. The Morgan fingerprint density at radius 1 is 1.04 bits per heavy atom. The molecule has 1 heterocycles. The molecule has 3 aromatic rings. The van der Waals surface area contributed by atoms with E-state index < -0.39 is 26.5 Å². The number of non-ortho nitro benzene ring substituents is 1. The second-order valence-electron chi connectivity index (χ2n) is 11.9. The number of hydrogen-bond donors (Lipinski definition) is 0. The molecule has 246 valence electrons. The normalized spacial score (nSPS) is 15.7. The fraction of sp³-hybridized carbons (Fsp3) is 0.382. The van der Waals surface area contributed by atoms with Gasteiger partial charge in [0, 0.05) is 55.3 Å². The molecule has 0 spiro atoms. The molecule has 0 radical (unpaired) electrons. The predicted octanol–water partition coefficient (Wildman–Crippen LogP) is 6.42. The topological polar surface area (TPSA) is 113 Å². The number of nitro benzene ring substituents is 1. The number of carbonyl (C=O) groups excluding carboxylic acids is 1. The van der Waals surface area contributed by atoms with Gasteiger partial charge in [0.25, 0.3) is 5.69 Å². The van der Waals surface area contributed by atoms with Crippen LogP contribution in [0.1, 0.15) is 37.3 Å². The van der Waals surface area contributed by atoms with Crippen molar-refractivity contribution >= 4 is 33.4 Å². The van der Waals surface area contributed by atoms with Crippen LogP contribution in [0.5, 0.6) is 0 Å². The van der Waals surface area contributed by atoms with Gasteiger partial charge in [-0.1, -0.05) is 73.6 Å². The monoisotopic (exact) mass is 668 g/mol. The van der Waals surface area contributed by atoms with Crippen molar-refractivity contribution < 1.29 is 22.9 Å². The van der Waals surface area contributed by atoms with E-state index in [1.165, 1.54) is 16.4 Å². The van der Waals surface area contributed by atoms with Crippen LogP contribution < -0.4 is 0 Å². The van der Waals surface area contributed by atoms with Gasteiger partial charge in [0.2, 0.25) is 10.0 Å². The van der Waals surface area contributed by atoms with Crippen LogP contribution in [0.4, 0.5) is 10.5 Å². The fourth-order valence-electron chi connectivity index (χ4n) is 5.83. The van der Waals surface area contributed by atoms with E-state index in [9.17, 15) is 23.3 Å². The second-order valence-corrected chi connectivity index (χ2v) is 14.5. The maximum Gasteiger partial charge on any atom is 0.410 e. The molecule has 12 heteroatoms. The minimum absolute atomic E-state index is 0.0204. The third-order valence-corrected chi connectivity index (χ3v) is 10.5. The van der Waals surface area contributed by atoms with E-state index in [0.717, 1.165) is 31.6 Å². The molecular formula is C34H41ClN4O6S. The summed E-state index contributed by atoms with van der Waals surface area (Å²) in [4.78, 5) is 27.8. The molecule has 0 aromatic heterocycles. The zero-order valence-electron chi connectivity index (χ0n) is 26.3. The van der Waals surface area contributed by atoms with Crippen molar-refractivity contribution in [2.75, 3.05) is 39.8 Å². The maximum absolute atomic E-state index is 13.4. The van der Waals surface area contributed by atoms with Gasteiger partial charge in [0.05, 0.1) is 16.4 Å². The number of ether oxygens (including phenoxy) is 1. The standard InChI is InChI=1S/C34H41ClN4O6S/c1-27(35)24-38(33(40)45-25-28-14-16-31(17-15-28)39(41)42)30-18-21-37(22-19-30)23-20-34(2,29-10-6-4-7-11-29)26-36(3)46(43,44)32-12-8-5-9-13-32/h4-17,30H,1,18-26H2,2-3H3. The lowest BCUT2D eigenvalue weighted by atomic mass is 9.79. The molecular weight excluding hydrogens is 628 g/mol. The van der Waals surface area contributed by atoms with Crippen LogP contribution in [0.3, 0.4) is 0 Å². The summed E-state index contributed by atoms with van der Waals surface area (Å²) in [5, 5.41) is 11.2. The summed E-state index contributed by atoms with van der Waals surface area (Å²) >= 11 is 6.13. The van der Waals surface area contributed by atoms with Crippen molar-refractivity contribution in [3.05, 3.63) is 118 Å². The van der Waals surface area contributed by atoms with Crippen LogP contribution in [0, 0.1) is 10.1 Å². The largest absolute Gasteiger partial charge is 0.445 e. The van der Waals surface area contributed by atoms with Crippen molar-refractivity contribution in [3.63, 3.8) is 0 Å². The number of nitrogens with zero attached hydrogens (tertiary/aromatic N) is 4. The third kappa shape index (κ3) is 9.16. The molecule has 1 aliphatic rings. The van der Waals surface area contributed by atoms with E-state index in [0.29, 0.717) is 30.0 Å². The summed E-state index contributed by atoms with van der Waals surface area (Å²) < 4.78 is 33.8. The Balaban J connectivity index is 1.37. The molecule has 1 aliphatic heterocycles. The highest BCUT2D eigenvalue weighted by atomic mass is 35.5. The van der Waals surface area contributed by atoms with Crippen molar-refractivity contribution in [2.45, 2.75) is 49.1 Å². The van der Waals surface area contributed by atoms with Gasteiger partial charge >= 0.3 is 6.09 Å². The maximum atomic E-state index is 13.4. The van der Waals surface area contributed by atoms with E-state index >= 15 is 0 Å². The smallest absolute Gasteiger partial charge is 0.410 e. The van der Waals surface area contributed by atoms with Crippen molar-refractivity contribution in [2.24, 2.45) is 0 Å². The average Bonchev–Trinajstić information content (AvgIpc) is 3.06. The number of likely N-dealkylation sites (N-methyl/N-ethyl adjacent to an activating group) is 1. The molecule has 0 N–H and O–H groups in total. The van der Waals surface area contributed by atoms with Crippen molar-refractivity contribution in [3.8, 4) is 0 Å². The second kappa shape index (κ2) is 15.7. The number of nitro groups is 1. The van der Waals surface area contributed by atoms with Gasteiger partial charge in [-0.3, -0.25) is 15.0 Å². The molecule has 0 saturated carbocycles. The molecule has 1 amide bonds. The Labute approximate surface area is 276 Å². The number of benzene rings is 3. The summed E-state index contributed by atoms with van der Waals surface area (Å²) in [5.74, 6) is 0. The first-order valence-corrected chi connectivity index (χ1v) is 17.0. The van der Waals surface area contributed by atoms with E-state index in [1.807, 2.05) is 18.2 Å². The molecule has 4 rings (SSSR count). The number of hydrogen-bond acceptors (Lipinski definition) is 7. The van der Waals surface area contributed by atoms with Gasteiger partial charge in [-0.05, 0) is 61.2 Å². The Hall–Kier alpha value is -3.77. The molecule has 0 aliphatic carbocycles. The van der Waals surface area contributed by atoms with Gasteiger partial charge in [-0.15, -0.1) is 0 Å². The van der Waals surface area contributed by atoms with Crippen LogP contribution in [0.15, 0.2) is 101 Å². The van der Waals surface area contributed by atoms with Crippen LogP contribution >= 0.6 is 11.6 Å². The number of amides is 1. The van der Waals surface area contributed by atoms with Gasteiger partial charge < -0.3 is 9.64 Å². The van der Waals surface area contributed by atoms with Gasteiger partial charge in [-0.2, -0.15) is 0 Å². The van der Waals surface area contributed by atoms with E-state index in [1.54, 1.807) is 54.4 Å². The minimum atomic E-state index is -3.66. The minimum Gasteiger partial charge on any atom is -0.445 e.